The van der Waals surface area contributed by atoms with E-state index < -0.39 is 0 Å². The molecule has 1 saturated heterocycles. The lowest BCUT2D eigenvalue weighted by Gasteiger charge is -2.24. The first-order chi connectivity index (χ1) is 8.75. The predicted molar refractivity (Wildman–Crippen MR) is 75.0 cm³/mol. The van der Waals surface area contributed by atoms with Gasteiger partial charge in [0.1, 0.15) is 4.88 Å². The van der Waals surface area contributed by atoms with E-state index in [-0.39, 0.29) is 5.91 Å². The van der Waals surface area contributed by atoms with Crippen LogP contribution in [0.2, 0.25) is 0 Å². The number of ether oxygens (including phenoxy) is 1. The summed E-state index contributed by atoms with van der Waals surface area (Å²) in [6.07, 6.45) is 3.40. The Kier molecular flexibility index (Phi) is 3.73. The fourth-order valence-corrected chi connectivity index (χ4v) is 3.86. The van der Waals surface area contributed by atoms with Crippen LogP contribution < -0.4 is 0 Å². The predicted octanol–water partition coefficient (Wildman–Crippen LogP) is 3.15. The standard InChI is InChI=1S/C13H16BrNO2S/c14-11-4-6-18-12(11)13(16)15(10-1-2-10)7-9-3-5-17-8-9/h4,6,9-10H,1-3,5,7-8H2. The molecule has 5 heteroatoms. The van der Waals surface area contributed by atoms with E-state index >= 15 is 0 Å². The highest BCUT2D eigenvalue weighted by Gasteiger charge is 2.36. The Balaban J connectivity index is 1.73. The zero-order valence-corrected chi connectivity index (χ0v) is 12.5. The highest BCUT2D eigenvalue weighted by Crippen LogP contribution is 2.33. The van der Waals surface area contributed by atoms with Gasteiger partial charge in [0.15, 0.2) is 0 Å². The first-order valence-electron chi connectivity index (χ1n) is 6.37. The minimum Gasteiger partial charge on any atom is -0.381 e. The van der Waals surface area contributed by atoms with Crippen LogP contribution in [0.5, 0.6) is 0 Å². The van der Waals surface area contributed by atoms with Crippen LogP contribution in [0.4, 0.5) is 0 Å². The van der Waals surface area contributed by atoms with Crippen molar-refractivity contribution < 1.29 is 9.53 Å². The zero-order chi connectivity index (χ0) is 12.5. The van der Waals surface area contributed by atoms with Gasteiger partial charge in [-0.25, -0.2) is 0 Å². The van der Waals surface area contributed by atoms with Crippen LogP contribution in [0, 0.1) is 5.92 Å². The van der Waals surface area contributed by atoms with Crippen molar-refractivity contribution in [1.82, 2.24) is 4.90 Å². The fraction of sp³-hybridized carbons (Fsp3) is 0.615. The largest absolute Gasteiger partial charge is 0.381 e. The Morgan fingerprint density at radius 3 is 2.89 bits per heavy atom. The number of rotatable bonds is 4. The molecule has 1 unspecified atom stereocenters. The second kappa shape index (κ2) is 5.31. The summed E-state index contributed by atoms with van der Waals surface area (Å²) in [7, 11) is 0. The number of amides is 1. The lowest BCUT2D eigenvalue weighted by Crippen LogP contribution is -2.37. The summed E-state index contributed by atoms with van der Waals surface area (Å²) >= 11 is 4.98. The molecule has 0 aromatic carbocycles. The maximum absolute atomic E-state index is 12.6. The molecule has 1 aliphatic carbocycles. The molecule has 1 amide bonds. The Morgan fingerprint density at radius 2 is 2.33 bits per heavy atom. The van der Waals surface area contributed by atoms with Gasteiger partial charge in [0, 0.05) is 29.6 Å². The molecular formula is C13H16BrNO2S. The van der Waals surface area contributed by atoms with E-state index in [0.29, 0.717) is 12.0 Å². The van der Waals surface area contributed by atoms with E-state index in [4.69, 9.17) is 4.74 Å². The maximum atomic E-state index is 12.6. The number of nitrogens with zero attached hydrogens (tertiary/aromatic N) is 1. The third-order valence-electron chi connectivity index (χ3n) is 3.54. The maximum Gasteiger partial charge on any atom is 0.265 e. The molecule has 0 bridgehead atoms. The second-order valence-corrected chi connectivity index (χ2v) is 6.79. The molecule has 18 heavy (non-hydrogen) atoms. The van der Waals surface area contributed by atoms with Gasteiger partial charge in [-0.15, -0.1) is 11.3 Å². The normalized spacial score (nSPS) is 23.3. The molecule has 1 atom stereocenters. The highest BCUT2D eigenvalue weighted by molar-refractivity contribution is 9.10. The molecule has 2 fully saturated rings. The summed E-state index contributed by atoms with van der Waals surface area (Å²) in [5, 5.41) is 1.96. The second-order valence-electron chi connectivity index (χ2n) is 5.02. The molecule has 98 valence electrons. The van der Waals surface area contributed by atoms with Crippen molar-refractivity contribution >= 4 is 33.2 Å². The number of carbonyl (C=O) groups excluding carboxylic acids is 1. The minimum atomic E-state index is 0.186. The molecule has 1 aliphatic heterocycles. The monoisotopic (exact) mass is 329 g/mol. The SMILES string of the molecule is O=C(c1sccc1Br)N(CC1CCOC1)C1CC1. The van der Waals surface area contributed by atoms with Crippen molar-refractivity contribution in [3.8, 4) is 0 Å². The lowest BCUT2D eigenvalue weighted by molar-refractivity contribution is 0.0710. The van der Waals surface area contributed by atoms with Gasteiger partial charge >= 0.3 is 0 Å². The summed E-state index contributed by atoms with van der Waals surface area (Å²) in [6, 6.07) is 2.41. The van der Waals surface area contributed by atoms with Crippen LogP contribution in [0.25, 0.3) is 0 Å². The van der Waals surface area contributed by atoms with Crippen molar-refractivity contribution in [2.75, 3.05) is 19.8 Å². The van der Waals surface area contributed by atoms with E-state index in [1.807, 2.05) is 11.4 Å². The molecule has 2 aliphatic rings. The number of hydrogen-bond acceptors (Lipinski definition) is 3. The molecule has 0 radical (unpaired) electrons. The van der Waals surface area contributed by atoms with Crippen molar-refractivity contribution in [2.24, 2.45) is 5.92 Å². The number of halogens is 1. The zero-order valence-electron chi connectivity index (χ0n) is 10.1. The van der Waals surface area contributed by atoms with Gasteiger partial charge in [-0.1, -0.05) is 0 Å². The molecule has 1 saturated carbocycles. The van der Waals surface area contributed by atoms with Crippen LogP contribution in [-0.4, -0.2) is 36.6 Å². The average molecular weight is 330 g/mol. The molecule has 1 aromatic rings. The molecule has 2 heterocycles. The highest BCUT2D eigenvalue weighted by atomic mass is 79.9. The van der Waals surface area contributed by atoms with E-state index in [9.17, 15) is 4.79 Å². The smallest absolute Gasteiger partial charge is 0.265 e. The van der Waals surface area contributed by atoms with E-state index in [1.54, 1.807) is 0 Å². The van der Waals surface area contributed by atoms with Crippen LogP contribution in [0.15, 0.2) is 15.9 Å². The van der Waals surface area contributed by atoms with Crippen molar-refractivity contribution in [3.63, 3.8) is 0 Å². The summed E-state index contributed by atoms with van der Waals surface area (Å²) in [5.41, 5.74) is 0. The topological polar surface area (TPSA) is 29.5 Å². The summed E-state index contributed by atoms with van der Waals surface area (Å²) in [4.78, 5) is 15.5. The number of hydrogen-bond donors (Lipinski definition) is 0. The molecule has 0 N–H and O–H groups in total. The quantitative estimate of drug-likeness (QED) is 0.849. The molecule has 3 nitrogen and oxygen atoms in total. The van der Waals surface area contributed by atoms with Gasteiger partial charge in [0.25, 0.3) is 5.91 Å². The van der Waals surface area contributed by atoms with Gasteiger partial charge in [0.2, 0.25) is 0 Å². The van der Waals surface area contributed by atoms with Crippen molar-refractivity contribution in [2.45, 2.75) is 25.3 Å². The average Bonchev–Trinajstić information content (AvgIpc) is 2.89. The lowest BCUT2D eigenvalue weighted by atomic mass is 10.1. The third-order valence-corrected chi connectivity index (χ3v) is 5.36. The Hall–Kier alpha value is -0.390. The van der Waals surface area contributed by atoms with Crippen LogP contribution in [0.1, 0.15) is 28.9 Å². The van der Waals surface area contributed by atoms with Crippen LogP contribution >= 0.6 is 27.3 Å². The molecular weight excluding hydrogens is 314 g/mol. The number of thiophene rings is 1. The van der Waals surface area contributed by atoms with E-state index in [0.717, 1.165) is 48.4 Å². The molecule has 0 spiro atoms. The molecule has 3 rings (SSSR count). The Labute approximate surface area is 119 Å². The van der Waals surface area contributed by atoms with Gasteiger partial charge in [-0.3, -0.25) is 4.79 Å². The fourth-order valence-electron chi connectivity index (χ4n) is 2.37. The minimum absolute atomic E-state index is 0.186. The summed E-state index contributed by atoms with van der Waals surface area (Å²) < 4.78 is 6.33. The van der Waals surface area contributed by atoms with E-state index in [1.165, 1.54) is 11.3 Å². The van der Waals surface area contributed by atoms with Gasteiger partial charge in [0.05, 0.1) is 6.61 Å². The van der Waals surface area contributed by atoms with Gasteiger partial charge in [-0.05, 0) is 46.6 Å². The first kappa shape index (κ1) is 12.6. The van der Waals surface area contributed by atoms with Gasteiger partial charge in [-0.2, -0.15) is 0 Å². The molecule has 1 aromatic heterocycles. The van der Waals surface area contributed by atoms with Crippen LogP contribution in [0.3, 0.4) is 0 Å². The first-order valence-corrected chi connectivity index (χ1v) is 8.04. The third kappa shape index (κ3) is 2.63. The Bertz CT molecular complexity index is 438. The number of carbonyl (C=O) groups is 1. The van der Waals surface area contributed by atoms with Crippen molar-refractivity contribution in [1.29, 1.82) is 0 Å². The van der Waals surface area contributed by atoms with E-state index in [2.05, 4.69) is 20.8 Å². The Morgan fingerprint density at radius 1 is 1.50 bits per heavy atom. The summed E-state index contributed by atoms with van der Waals surface area (Å²) in [5.74, 6) is 0.708. The van der Waals surface area contributed by atoms with Crippen LogP contribution in [-0.2, 0) is 4.74 Å². The van der Waals surface area contributed by atoms with Gasteiger partial charge < -0.3 is 9.64 Å². The summed E-state index contributed by atoms with van der Waals surface area (Å²) in [6.45, 7) is 2.51. The van der Waals surface area contributed by atoms with Crippen molar-refractivity contribution in [3.05, 3.63) is 20.8 Å².